The molecular formula is C18H28N4O4S. The van der Waals surface area contributed by atoms with Gasteiger partial charge in [0.25, 0.3) is 16.1 Å². The summed E-state index contributed by atoms with van der Waals surface area (Å²) >= 11 is 0. The molecule has 2 N–H and O–H groups in total. The maximum atomic E-state index is 12.7. The number of carbonyl (C=O) groups is 2. The Morgan fingerprint density at radius 1 is 1.22 bits per heavy atom. The van der Waals surface area contributed by atoms with Gasteiger partial charge in [0.15, 0.2) is 0 Å². The summed E-state index contributed by atoms with van der Waals surface area (Å²) in [6.07, 6.45) is 1.21. The summed E-state index contributed by atoms with van der Waals surface area (Å²) in [6.45, 7) is 4.26. The van der Waals surface area contributed by atoms with Gasteiger partial charge in [-0.05, 0) is 38.8 Å². The van der Waals surface area contributed by atoms with Crippen molar-refractivity contribution in [2.75, 3.05) is 32.5 Å². The van der Waals surface area contributed by atoms with Crippen LogP contribution in [-0.4, -0.2) is 62.1 Å². The standard InChI is InChI=1S/C18H28N4O4S/c1-13(2)19-18(24)15-9-5-6-10-16(15)20-17(23)14-8-7-11-22(12-14)27(25,26)21(3)4/h5-6,9-10,13-14H,7-8,11-12H2,1-4H3,(H,19,24)(H,20,23)/t14-/m1/s1. The van der Waals surface area contributed by atoms with Crippen molar-refractivity contribution in [1.82, 2.24) is 13.9 Å². The van der Waals surface area contributed by atoms with E-state index in [9.17, 15) is 18.0 Å². The first-order chi connectivity index (χ1) is 12.6. The molecule has 2 amide bonds. The van der Waals surface area contributed by atoms with E-state index in [0.29, 0.717) is 30.6 Å². The number of carbonyl (C=O) groups excluding carboxylic acids is 2. The third-order valence-electron chi connectivity index (χ3n) is 4.39. The summed E-state index contributed by atoms with van der Waals surface area (Å²) in [6, 6.07) is 6.77. The first-order valence-electron chi connectivity index (χ1n) is 9.01. The molecule has 0 spiro atoms. The molecule has 0 radical (unpaired) electrons. The highest BCUT2D eigenvalue weighted by Gasteiger charge is 2.33. The van der Waals surface area contributed by atoms with E-state index in [2.05, 4.69) is 10.6 Å². The first kappa shape index (κ1) is 21.3. The zero-order valence-corrected chi connectivity index (χ0v) is 17.0. The molecule has 1 aliphatic rings. The molecule has 8 nitrogen and oxygen atoms in total. The maximum absolute atomic E-state index is 12.7. The number of para-hydroxylation sites is 1. The Bertz CT molecular complexity index is 792. The number of nitrogens with zero attached hydrogens (tertiary/aromatic N) is 2. The Kier molecular flexibility index (Phi) is 6.96. The third kappa shape index (κ3) is 5.27. The van der Waals surface area contributed by atoms with Gasteiger partial charge in [0, 0.05) is 33.2 Å². The minimum Gasteiger partial charge on any atom is -0.350 e. The quantitative estimate of drug-likeness (QED) is 0.757. The minimum atomic E-state index is -3.55. The van der Waals surface area contributed by atoms with Crippen LogP contribution in [-0.2, 0) is 15.0 Å². The van der Waals surface area contributed by atoms with Crippen LogP contribution >= 0.6 is 0 Å². The molecule has 1 aliphatic heterocycles. The van der Waals surface area contributed by atoms with Crippen LogP contribution in [0.3, 0.4) is 0 Å². The molecule has 1 aromatic rings. The van der Waals surface area contributed by atoms with E-state index >= 15 is 0 Å². The van der Waals surface area contributed by atoms with E-state index in [1.807, 2.05) is 13.8 Å². The lowest BCUT2D eigenvalue weighted by atomic mass is 9.98. The van der Waals surface area contributed by atoms with Gasteiger partial charge in [-0.25, -0.2) is 0 Å². The predicted octanol–water partition coefficient (Wildman–Crippen LogP) is 1.28. The van der Waals surface area contributed by atoms with Gasteiger partial charge in [0.1, 0.15) is 0 Å². The number of rotatable bonds is 6. The lowest BCUT2D eigenvalue weighted by Gasteiger charge is -2.32. The van der Waals surface area contributed by atoms with Gasteiger partial charge in [0.2, 0.25) is 5.91 Å². The van der Waals surface area contributed by atoms with E-state index in [1.54, 1.807) is 24.3 Å². The molecule has 2 rings (SSSR count). The molecule has 0 bridgehead atoms. The average molecular weight is 397 g/mol. The van der Waals surface area contributed by atoms with E-state index in [1.165, 1.54) is 18.4 Å². The van der Waals surface area contributed by atoms with Crippen LogP contribution in [0.25, 0.3) is 0 Å². The fraction of sp³-hybridized carbons (Fsp3) is 0.556. The van der Waals surface area contributed by atoms with Crippen molar-refractivity contribution in [2.24, 2.45) is 5.92 Å². The number of amides is 2. The van der Waals surface area contributed by atoms with Crippen molar-refractivity contribution in [3.63, 3.8) is 0 Å². The van der Waals surface area contributed by atoms with Crippen LogP contribution < -0.4 is 10.6 Å². The fourth-order valence-electron chi connectivity index (χ4n) is 2.96. The molecule has 0 saturated carbocycles. The highest BCUT2D eigenvalue weighted by Crippen LogP contribution is 2.23. The highest BCUT2D eigenvalue weighted by atomic mass is 32.2. The summed E-state index contributed by atoms with van der Waals surface area (Å²) in [5, 5.41) is 5.61. The summed E-state index contributed by atoms with van der Waals surface area (Å²) in [7, 11) is -0.602. The van der Waals surface area contributed by atoms with E-state index in [0.717, 1.165) is 4.31 Å². The molecule has 0 aromatic heterocycles. The number of anilines is 1. The van der Waals surface area contributed by atoms with Crippen molar-refractivity contribution in [3.05, 3.63) is 29.8 Å². The van der Waals surface area contributed by atoms with Crippen LogP contribution in [0.1, 0.15) is 37.0 Å². The lowest BCUT2D eigenvalue weighted by molar-refractivity contribution is -0.120. The van der Waals surface area contributed by atoms with Crippen molar-refractivity contribution in [2.45, 2.75) is 32.7 Å². The molecule has 27 heavy (non-hydrogen) atoms. The largest absolute Gasteiger partial charge is 0.350 e. The molecule has 1 saturated heterocycles. The normalized spacial score (nSPS) is 18.5. The molecular weight excluding hydrogens is 368 g/mol. The van der Waals surface area contributed by atoms with Crippen molar-refractivity contribution in [3.8, 4) is 0 Å². The van der Waals surface area contributed by atoms with Crippen molar-refractivity contribution >= 4 is 27.7 Å². The van der Waals surface area contributed by atoms with E-state index < -0.39 is 16.1 Å². The Balaban J connectivity index is 2.13. The number of nitrogens with one attached hydrogen (secondary N) is 2. The Morgan fingerprint density at radius 2 is 1.89 bits per heavy atom. The summed E-state index contributed by atoms with van der Waals surface area (Å²) in [5.41, 5.74) is 0.807. The van der Waals surface area contributed by atoms with Crippen LogP contribution in [0.5, 0.6) is 0 Å². The summed E-state index contributed by atoms with van der Waals surface area (Å²) in [5.74, 6) is -1.01. The maximum Gasteiger partial charge on any atom is 0.281 e. The molecule has 1 fully saturated rings. The van der Waals surface area contributed by atoms with E-state index in [-0.39, 0.29) is 24.4 Å². The number of hydrogen-bond acceptors (Lipinski definition) is 4. The summed E-state index contributed by atoms with van der Waals surface area (Å²) in [4.78, 5) is 25.1. The summed E-state index contributed by atoms with van der Waals surface area (Å²) < 4.78 is 27.1. The van der Waals surface area contributed by atoms with Gasteiger partial charge >= 0.3 is 0 Å². The molecule has 150 valence electrons. The molecule has 1 heterocycles. The number of benzene rings is 1. The van der Waals surface area contributed by atoms with Gasteiger partial charge in [-0.2, -0.15) is 17.0 Å². The zero-order chi connectivity index (χ0) is 20.2. The Hall–Kier alpha value is -1.97. The second kappa shape index (κ2) is 8.81. The Morgan fingerprint density at radius 3 is 2.52 bits per heavy atom. The number of piperidine rings is 1. The van der Waals surface area contributed by atoms with Gasteiger partial charge in [-0.15, -0.1) is 0 Å². The van der Waals surface area contributed by atoms with Gasteiger partial charge in [-0.1, -0.05) is 12.1 Å². The first-order valence-corrected chi connectivity index (χ1v) is 10.4. The second-order valence-corrected chi connectivity index (χ2v) is 9.29. The smallest absolute Gasteiger partial charge is 0.281 e. The lowest BCUT2D eigenvalue weighted by Crippen LogP contribution is -2.47. The minimum absolute atomic E-state index is 0.0237. The highest BCUT2D eigenvalue weighted by molar-refractivity contribution is 7.86. The SMILES string of the molecule is CC(C)NC(=O)c1ccccc1NC(=O)[C@@H]1CCCN(S(=O)(=O)N(C)C)C1. The van der Waals surface area contributed by atoms with Crippen LogP contribution in [0.15, 0.2) is 24.3 Å². The molecule has 0 aliphatic carbocycles. The van der Waals surface area contributed by atoms with Crippen molar-refractivity contribution in [1.29, 1.82) is 0 Å². The monoisotopic (exact) mass is 396 g/mol. The molecule has 1 atom stereocenters. The van der Waals surface area contributed by atoms with Crippen molar-refractivity contribution < 1.29 is 18.0 Å². The predicted molar refractivity (Wildman–Crippen MR) is 105 cm³/mol. The van der Waals surface area contributed by atoms with Gasteiger partial charge in [-0.3, -0.25) is 9.59 Å². The molecule has 1 aromatic carbocycles. The van der Waals surface area contributed by atoms with Crippen LogP contribution in [0, 0.1) is 5.92 Å². The second-order valence-electron chi connectivity index (χ2n) is 7.15. The topological polar surface area (TPSA) is 98.8 Å². The van der Waals surface area contributed by atoms with E-state index in [4.69, 9.17) is 0 Å². The van der Waals surface area contributed by atoms with Crippen LogP contribution in [0.2, 0.25) is 0 Å². The average Bonchev–Trinajstić information content (AvgIpc) is 2.61. The molecule has 0 unspecified atom stereocenters. The zero-order valence-electron chi connectivity index (χ0n) is 16.2. The van der Waals surface area contributed by atoms with Crippen LogP contribution in [0.4, 0.5) is 5.69 Å². The fourth-order valence-corrected chi connectivity index (χ4v) is 4.15. The van der Waals surface area contributed by atoms with Gasteiger partial charge in [0.05, 0.1) is 17.2 Å². The molecule has 9 heteroatoms. The Labute approximate surface area is 161 Å². The van der Waals surface area contributed by atoms with Gasteiger partial charge < -0.3 is 10.6 Å². The number of hydrogen-bond donors (Lipinski definition) is 2. The third-order valence-corrected chi connectivity index (χ3v) is 6.30.